The number of rotatable bonds is 8. The first-order chi connectivity index (χ1) is 15.0. The fourth-order valence-electron chi connectivity index (χ4n) is 4.38. The molecule has 0 aliphatic carbocycles. The molecule has 2 aliphatic rings. The predicted molar refractivity (Wildman–Crippen MR) is 116 cm³/mol. The highest BCUT2D eigenvalue weighted by molar-refractivity contribution is 7.89. The third-order valence-corrected chi connectivity index (χ3v) is 7.95. The molecule has 0 radical (unpaired) electrons. The van der Waals surface area contributed by atoms with Crippen molar-refractivity contribution in [1.29, 1.82) is 0 Å². The van der Waals surface area contributed by atoms with Gasteiger partial charge in [-0.15, -0.1) is 0 Å². The second-order valence-electron chi connectivity index (χ2n) is 8.06. The molecule has 0 unspecified atom stereocenters. The fourth-order valence-corrected chi connectivity index (χ4v) is 5.91. The van der Waals surface area contributed by atoms with Gasteiger partial charge in [-0.2, -0.15) is 4.31 Å². The molecule has 4 rings (SSSR count). The molecule has 3 heterocycles. The summed E-state index contributed by atoms with van der Waals surface area (Å²) in [6.45, 7) is 3.23. The van der Waals surface area contributed by atoms with E-state index in [9.17, 15) is 18.5 Å². The van der Waals surface area contributed by atoms with Crippen LogP contribution in [0, 0.1) is 10.1 Å². The number of nitrogens with zero attached hydrogens (tertiary/aromatic N) is 3. The van der Waals surface area contributed by atoms with Crippen LogP contribution < -0.4 is 5.32 Å². The molecule has 1 aromatic carbocycles. The number of hydrogen-bond acceptors (Lipinski definition) is 7. The third-order valence-electron chi connectivity index (χ3n) is 6.06. The summed E-state index contributed by atoms with van der Waals surface area (Å²) >= 11 is 0. The molecule has 9 nitrogen and oxygen atoms in total. The zero-order chi connectivity index (χ0) is 21.8. The van der Waals surface area contributed by atoms with E-state index >= 15 is 0 Å². The van der Waals surface area contributed by atoms with Gasteiger partial charge >= 0.3 is 0 Å². The average molecular weight is 449 g/mol. The molecule has 10 heteroatoms. The summed E-state index contributed by atoms with van der Waals surface area (Å²) in [5, 5.41) is 14.9. The lowest BCUT2D eigenvalue weighted by Gasteiger charge is -2.33. The fraction of sp³-hybridized carbons (Fsp3) is 0.524. The van der Waals surface area contributed by atoms with Crippen molar-refractivity contribution in [1.82, 2.24) is 9.21 Å². The first kappa shape index (κ1) is 21.8. The van der Waals surface area contributed by atoms with Gasteiger partial charge in [0.15, 0.2) is 0 Å². The monoisotopic (exact) mass is 448 g/mol. The Bertz CT molecular complexity index is 997. The van der Waals surface area contributed by atoms with Crippen molar-refractivity contribution in [3.05, 3.63) is 52.5 Å². The third kappa shape index (κ3) is 4.76. The minimum atomic E-state index is -3.72. The van der Waals surface area contributed by atoms with E-state index < -0.39 is 14.9 Å². The first-order valence-electron chi connectivity index (χ1n) is 10.8. The maximum atomic E-state index is 12.8. The molecule has 2 fully saturated rings. The van der Waals surface area contributed by atoms with Crippen molar-refractivity contribution in [2.24, 2.45) is 0 Å². The van der Waals surface area contributed by atoms with Crippen molar-refractivity contribution in [2.75, 3.05) is 38.0 Å². The normalized spacial score (nSPS) is 19.4. The molecule has 2 aromatic rings. The van der Waals surface area contributed by atoms with E-state index in [2.05, 4.69) is 10.2 Å². The first-order valence-corrected chi connectivity index (χ1v) is 12.2. The smallest absolute Gasteiger partial charge is 0.293 e. The van der Waals surface area contributed by atoms with Crippen LogP contribution in [0.2, 0.25) is 0 Å². The number of piperidine rings is 1. The second-order valence-corrected chi connectivity index (χ2v) is 9.99. The maximum absolute atomic E-state index is 12.8. The minimum Gasteiger partial charge on any atom is -0.468 e. The topological polar surface area (TPSA) is 109 Å². The zero-order valence-electron chi connectivity index (χ0n) is 17.4. The van der Waals surface area contributed by atoms with Gasteiger partial charge in [-0.25, -0.2) is 8.42 Å². The average Bonchev–Trinajstić information content (AvgIpc) is 3.49. The predicted octanol–water partition coefficient (Wildman–Crippen LogP) is 3.61. The summed E-state index contributed by atoms with van der Waals surface area (Å²) < 4.78 is 32.7. The van der Waals surface area contributed by atoms with E-state index in [1.807, 2.05) is 12.1 Å². The number of likely N-dealkylation sites (tertiary alicyclic amines) is 1. The SMILES string of the molecule is O=[N+]([O-])c1cc(S(=O)(=O)N2CCCC2)ccc1NC[C@H](c1ccco1)N1CCCCC1. The van der Waals surface area contributed by atoms with Crippen LogP contribution in [0.3, 0.4) is 0 Å². The van der Waals surface area contributed by atoms with E-state index in [0.717, 1.165) is 44.5 Å². The van der Waals surface area contributed by atoms with Crippen molar-refractivity contribution >= 4 is 21.4 Å². The Labute approximate surface area is 182 Å². The van der Waals surface area contributed by atoms with E-state index in [0.29, 0.717) is 25.3 Å². The lowest BCUT2D eigenvalue weighted by Crippen LogP contribution is -2.37. The van der Waals surface area contributed by atoms with Gasteiger partial charge in [0.25, 0.3) is 5.69 Å². The van der Waals surface area contributed by atoms with Crippen molar-refractivity contribution in [3.8, 4) is 0 Å². The van der Waals surface area contributed by atoms with Crippen LogP contribution in [0.15, 0.2) is 45.9 Å². The van der Waals surface area contributed by atoms with Gasteiger partial charge in [-0.1, -0.05) is 6.42 Å². The molecule has 1 atom stereocenters. The highest BCUT2D eigenvalue weighted by Crippen LogP contribution is 2.32. The standard InChI is InChI=1S/C21H28N4O5S/c26-25(27)19-15-17(31(28,29)24-12-4-5-13-24)8-9-18(19)22-16-20(21-7-6-14-30-21)23-10-2-1-3-11-23/h6-9,14-15,20,22H,1-5,10-13,16H2/t20-/m1/s1. The molecule has 2 aliphatic heterocycles. The van der Waals surface area contributed by atoms with Gasteiger partial charge in [0.2, 0.25) is 10.0 Å². The number of sulfonamides is 1. The van der Waals surface area contributed by atoms with E-state index in [1.54, 1.807) is 6.26 Å². The Morgan fingerprint density at radius 1 is 1.06 bits per heavy atom. The van der Waals surface area contributed by atoms with Gasteiger partial charge in [0, 0.05) is 25.7 Å². The molecule has 31 heavy (non-hydrogen) atoms. The maximum Gasteiger partial charge on any atom is 0.293 e. The quantitative estimate of drug-likeness (QED) is 0.485. The lowest BCUT2D eigenvalue weighted by molar-refractivity contribution is -0.384. The Hall–Kier alpha value is -2.43. The summed E-state index contributed by atoms with van der Waals surface area (Å²) in [7, 11) is -3.72. The molecule has 0 amide bonds. The molecule has 168 valence electrons. The number of nitro benzene ring substituents is 1. The van der Waals surface area contributed by atoms with Crippen LogP contribution in [0.25, 0.3) is 0 Å². The van der Waals surface area contributed by atoms with Crippen molar-refractivity contribution in [2.45, 2.75) is 43.0 Å². The summed E-state index contributed by atoms with van der Waals surface area (Å²) in [6.07, 6.45) is 6.68. The summed E-state index contributed by atoms with van der Waals surface area (Å²) in [4.78, 5) is 13.5. The molecule has 0 bridgehead atoms. The zero-order valence-corrected chi connectivity index (χ0v) is 18.2. The van der Waals surface area contributed by atoms with Crippen LogP contribution in [0.4, 0.5) is 11.4 Å². The van der Waals surface area contributed by atoms with Crippen LogP contribution in [0.1, 0.15) is 43.9 Å². The number of furan rings is 1. The van der Waals surface area contributed by atoms with Gasteiger partial charge in [0.05, 0.1) is 22.1 Å². The van der Waals surface area contributed by atoms with E-state index in [4.69, 9.17) is 4.42 Å². The Morgan fingerprint density at radius 3 is 2.42 bits per heavy atom. The lowest BCUT2D eigenvalue weighted by atomic mass is 10.1. The summed E-state index contributed by atoms with van der Waals surface area (Å²) in [5.74, 6) is 0.810. The number of anilines is 1. The van der Waals surface area contributed by atoms with Crippen LogP contribution in [0.5, 0.6) is 0 Å². The number of benzene rings is 1. The van der Waals surface area contributed by atoms with E-state index in [1.165, 1.54) is 28.9 Å². The Balaban J connectivity index is 1.56. The van der Waals surface area contributed by atoms with Crippen LogP contribution in [-0.4, -0.2) is 55.3 Å². The number of nitrogens with one attached hydrogen (secondary N) is 1. The Morgan fingerprint density at radius 2 is 1.77 bits per heavy atom. The van der Waals surface area contributed by atoms with Gasteiger partial charge in [-0.05, 0) is 63.0 Å². The molecule has 1 aromatic heterocycles. The molecule has 0 saturated carbocycles. The highest BCUT2D eigenvalue weighted by Gasteiger charge is 2.30. The van der Waals surface area contributed by atoms with E-state index in [-0.39, 0.29) is 16.6 Å². The second kappa shape index (κ2) is 9.37. The molecule has 2 saturated heterocycles. The summed E-state index contributed by atoms with van der Waals surface area (Å²) in [5.41, 5.74) is 0.0658. The summed E-state index contributed by atoms with van der Waals surface area (Å²) in [6, 6.07) is 7.82. The molecule has 0 spiro atoms. The number of nitro groups is 1. The van der Waals surface area contributed by atoms with Crippen LogP contribution >= 0.6 is 0 Å². The molecular formula is C21H28N4O5S. The number of hydrogen-bond donors (Lipinski definition) is 1. The van der Waals surface area contributed by atoms with Gasteiger partial charge in [0.1, 0.15) is 11.4 Å². The van der Waals surface area contributed by atoms with Gasteiger partial charge in [-0.3, -0.25) is 15.0 Å². The van der Waals surface area contributed by atoms with Crippen LogP contribution in [-0.2, 0) is 10.0 Å². The highest BCUT2D eigenvalue weighted by atomic mass is 32.2. The van der Waals surface area contributed by atoms with Crippen molar-refractivity contribution in [3.63, 3.8) is 0 Å². The molecular weight excluding hydrogens is 420 g/mol. The molecule has 1 N–H and O–H groups in total. The Kier molecular flexibility index (Phi) is 6.59. The largest absolute Gasteiger partial charge is 0.468 e. The minimum absolute atomic E-state index is 0.0368. The van der Waals surface area contributed by atoms with Crippen molar-refractivity contribution < 1.29 is 17.8 Å². The van der Waals surface area contributed by atoms with Gasteiger partial charge < -0.3 is 9.73 Å².